The molecule has 3 rings (SSSR count). The lowest BCUT2D eigenvalue weighted by Crippen LogP contribution is -2.33. The quantitative estimate of drug-likeness (QED) is 0.554. The number of benzene rings is 2. The number of likely N-dealkylation sites (tertiary alicyclic amines) is 1. The second kappa shape index (κ2) is 11.8. The fourth-order valence-electron chi connectivity index (χ4n) is 4.04. The number of ether oxygens (including phenoxy) is 3. The largest absolute Gasteiger partial charge is 0.508 e. The van der Waals surface area contributed by atoms with E-state index in [0.29, 0.717) is 48.9 Å². The predicted octanol–water partition coefficient (Wildman–Crippen LogP) is 4.33. The lowest BCUT2D eigenvalue weighted by Gasteiger charge is -2.27. The van der Waals surface area contributed by atoms with Crippen LogP contribution >= 0.6 is 0 Å². The highest BCUT2D eigenvalue weighted by Crippen LogP contribution is 2.43. The molecule has 0 bridgehead atoms. The molecule has 2 N–H and O–H groups in total. The van der Waals surface area contributed by atoms with Gasteiger partial charge in [-0.1, -0.05) is 18.6 Å². The Labute approximate surface area is 185 Å². The van der Waals surface area contributed by atoms with Crippen LogP contribution in [0.1, 0.15) is 49.8 Å². The number of rotatable bonds is 11. The van der Waals surface area contributed by atoms with Crippen LogP contribution in [0.2, 0.25) is 0 Å². The molecular formula is C25H35NO5. The molecule has 0 amide bonds. The van der Waals surface area contributed by atoms with Crippen LogP contribution in [0.4, 0.5) is 0 Å². The number of nitrogens with zero attached hydrogens (tertiary/aromatic N) is 1. The van der Waals surface area contributed by atoms with Crippen molar-refractivity contribution in [3.63, 3.8) is 0 Å². The van der Waals surface area contributed by atoms with Gasteiger partial charge in [0.05, 0.1) is 25.4 Å². The van der Waals surface area contributed by atoms with Crippen molar-refractivity contribution < 1.29 is 24.4 Å². The number of hydrogen-bond donors (Lipinski definition) is 2. The van der Waals surface area contributed by atoms with Gasteiger partial charge in [-0.3, -0.25) is 4.90 Å². The van der Waals surface area contributed by atoms with Crippen LogP contribution in [0.3, 0.4) is 0 Å². The second-order valence-corrected chi connectivity index (χ2v) is 7.91. The average Bonchev–Trinajstić information content (AvgIpc) is 2.80. The molecule has 1 atom stereocenters. The van der Waals surface area contributed by atoms with E-state index in [-0.39, 0.29) is 5.75 Å². The van der Waals surface area contributed by atoms with Crippen LogP contribution in [0.25, 0.3) is 0 Å². The van der Waals surface area contributed by atoms with Gasteiger partial charge in [0.15, 0.2) is 11.5 Å². The molecule has 0 aliphatic carbocycles. The third kappa shape index (κ3) is 6.52. The van der Waals surface area contributed by atoms with Crippen LogP contribution in [0.5, 0.6) is 23.0 Å². The van der Waals surface area contributed by atoms with Crippen molar-refractivity contribution in [3.8, 4) is 23.0 Å². The van der Waals surface area contributed by atoms with E-state index in [4.69, 9.17) is 14.2 Å². The Morgan fingerprint density at radius 3 is 2.35 bits per heavy atom. The highest BCUT2D eigenvalue weighted by molar-refractivity contribution is 5.55. The van der Waals surface area contributed by atoms with Crippen molar-refractivity contribution >= 4 is 0 Å². The zero-order valence-corrected chi connectivity index (χ0v) is 18.7. The van der Waals surface area contributed by atoms with Crippen LogP contribution in [0.15, 0.2) is 36.4 Å². The van der Waals surface area contributed by atoms with Gasteiger partial charge in [0, 0.05) is 6.54 Å². The summed E-state index contributed by atoms with van der Waals surface area (Å²) in [4.78, 5) is 2.42. The topological polar surface area (TPSA) is 71.4 Å². The van der Waals surface area contributed by atoms with Gasteiger partial charge in [-0.25, -0.2) is 0 Å². The van der Waals surface area contributed by atoms with Crippen molar-refractivity contribution in [2.24, 2.45) is 0 Å². The molecule has 170 valence electrons. The Kier molecular flexibility index (Phi) is 8.85. The van der Waals surface area contributed by atoms with Gasteiger partial charge in [-0.2, -0.15) is 0 Å². The minimum absolute atomic E-state index is 0.236. The smallest absolute Gasteiger partial charge is 0.170 e. The van der Waals surface area contributed by atoms with Gasteiger partial charge in [-0.05, 0) is 75.5 Å². The fraction of sp³-hybridized carbons (Fsp3) is 0.520. The number of aryl methyl sites for hydroxylation is 1. The molecule has 1 heterocycles. The summed E-state index contributed by atoms with van der Waals surface area (Å²) in [5.41, 5.74) is 1.68. The Morgan fingerprint density at radius 2 is 1.68 bits per heavy atom. The van der Waals surface area contributed by atoms with Gasteiger partial charge in [0.25, 0.3) is 0 Å². The molecule has 0 saturated carbocycles. The van der Waals surface area contributed by atoms with E-state index in [0.717, 1.165) is 25.2 Å². The lowest BCUT2D eigenvalue weighted by molar-refractivity contribution is 0.148. The number of aliphatic hydroxyl groups is 1. The number of phenols is 1. The summed E-state index contributed by atoms with van der Waals surface area (Å²) in [6, 6.07) is 10.7. The third-order valence-corrected chi connectivity index (χ3v) is 5.72. The monoisotopic (exact) mass is 429 g/mol. The molecule has 2 aromatic carbocycles. The minimum atomic E-state index is -0.769. The van der Waals surface area contributed by atoms with Crippen molar-refractivity contribution in [2.45, 2.75) is 45.1 Å². The zero-order valence-electron chi connectivity index (χ0n) is 18.7. The summed E-state index contributed by atoms with van der Waals surface area (Å²) in [7, 11) is 1.60. The van der Waals surface area contributed by atoms with Crippen LogP contribution in [0, 0.1) is 0 Å². The molecular weight excluding hydrogens is 394 g/mol. The van der Waals surface area contributed by atoms with Gasteiger partial charge in [-0.15, -0.1) is 0 Å². The minimum Gasteiger partial charge on any atom is -0.508 e. The normalized spacial score (nSPS) is 15.5. The first-order valence-electron chi connectivity index (χ1n) is 11.3. The van der Waals surface area contributed by atoms with Crippen LogP contribution < -0.4 is 14.2 Å². The average molecular weight is 430 g/mol. The first-order valence-corrected chi connectivity index (χ1v) is 11.3. The van der Waals surface area contributed by atoms with Gasteiger partial charge >= 0.3 is 0 Å². The summed E-state index contributed by atoms with van der Waals surface area (Å²) in [6.07, 6.45) is 4.18. The summed E-state index contributed by atoms with van der Waals surface area (Å²) in [6.45, 7) is 6.06. The Balaban J connectivity index is 1.76. The molecule has 1 unspecified atom stereocenters. The van der Waals surface area contributed by atoms with E-state index in [2.05, 4.69) is 4.90 Å². The molecule has 31 heavy (non-hydrogen) atoms. The van der Waals surface area contributed by atoms with Crippen molar-refractivity contribution in [1.82, 2.24) is 4.90 Å². The first kappa shape index (κ1) is 23.2. The molecule has 0 aromatic heterocycles. The molecule has 6 nitrogen and oxygen atoms in total. The molecule has 0 radical (unpaired) electrons. The Hall–Kier alpha value is -2.44. The number of phenolic OH excluding ortho intramolecular Hbond substituents is 1. The molecule has 1 saturated heterocycles. The van der Waals surface area contributed by atoms with E-state index in [1.807, 2.05) is 31.2 Å². The third-order valence-electron chi connectivity index (χ3n) is 5.72. The number of hydrogen-bond acceptors (Lipinski definition) is 6. The van der Waals surface area contributed by atoms with E-state index in [1.54, 1.807) is 19.2 Å². The van der Waals surface area contributed by atoms with E-state index in [9.17, 15) is 10.2 Å². The summed E-state index contributed by atoms with van der Waals surface area (Å²) >= 11 is 0. The maximum atomic E-state index is 11.1. The highest BCUT2D eigenvalue weighted by atomic mass is 16.5. The van der Waals surface area contributed by atoms with Gasteiger partial charge in [0.2, 0.25) is 0 Å². The highest BCUT2D eigenvalue weighted by Gasteiger charge is 2.24. The molecule has 2 aromatic rings. The maximum absolute atomic E-state index is 11.1. The second-order valence-electron chi connectivity index (χ2n) is 7.91. The van der Waals surface area contributed by atoms with Crippen molar-refractivity contribution in [2.75, 3.05) is 40.0 Å². The first-order chi connectivity index (χ1) is 15.1. The fourth-order valence-corrected chi connectivity index (χ4v) is 4.04. The standard InChI is InChI=1S/C25H35NO5/c1-3-30-23-14-13-22(29-2)24(21(28)12-9-19-7-10-20(27)11-8-19)25(23)31-18-17-26-15-5-4-6-16-26/h7-8,10-11,13-14,21,27-28H,3-6,9,12,15-18H2,1-2H3. The lowest BCUT2D eigenvalue weighted by atomic mass is 9.99. The summed E-state index contributed by atoms with van der Waals surface area (Å²) in [5.74, 6) is 2.02. The van der Waals surface area contributed by atoms with Crippen LogP contribution in [-0.2, 0) is 6.42 Å². The zero-order chi connectivity index (χ0) is 22.1. The van der Waals surface area contributed by atoms with E-state index >= 15 is 0 Å². The number of methoxy groups -OCH3 is 1. The summed E-state index contributed by atoms with van der Waals surface area (Å²) < 4.78 is 17.6. The molecule has 1 aliphatic heterocycles. The Bertz CT molecular complexity index is 802. The van der Waals surface area contributed by atoms with Gasteiger partial charge < -0.3 is 24.4 Å². The predicted molar refractivity (Wildman–Crippen MR) is 121 cm³/mol. The molecule has 1 aliphatic rings. The summed E-state index contributed by atoms with van der Waals surface area (Å²) in [5, 5.41) is 20.6. The van der Waals surface area contributed by atoms with E-state index < -0.39 is 6.10 Å². The van der Waals surface area contributed by atoms with E-state index in [1.165, 1.54) is 19.3 Å². The number of aliphatic hydroxyl groups excluding tert-OH is 1. The van der Waals surface area contributed by atoms with Gasteiger partial charge in [0.1, 0.15) is 18.1 Å². The number of aromatic hydroxyl groups is 1. The SMILES string of the molecule is CCOc1ccc(OC)c(C(O)CCc2ccc(O)cc2)c1OCCN1CCCCC1. The maximum Gasteiger partial charge on any atom is 0.170 e. The molecule has 0 spiro atoms. The molecule has 1 fully saturated rings. The number of piperidine rings is 1. The van der Waals surface area contributed by atoms with Crippen molar-refractivity contribution in [1.29, 1.82) is 0 Å². The van der Waals surface area contributed by atoms with Crippen LogP contribution in [-0.4, -0.2) is 55.1 Å². The Morgan fingerprint density at radius 1 is 0.968 bits per heavy atom. The van der Waals surface area contributed by atoms with Crippen molar-refractivity contribution in [3.05, 3.63) is 47.5 Å². The molecule has 6 heteroatoms.